The molecule has 4 aromatic rings. The minimum absolute atomic E-state index is 0.444. The van der Waals surface area contributed by atoms with Crippen LogP contribution in [0.2, 0.25) is 0 Å². The minimum Gasteiger partial charge on any atom is -0.464 e. The van der Waals surface area contributed by atoms with E-state index in [1.165, 1.54) is 5.56 Å². The van der Waals surface area contributed by atoms with Gasteiger partial charge in [-0.2, -0.15) is 9.97 Å². The maximum absolute atomic E-state index is 5.72. The van der Waals surface area contributed by atoms with Crippen LogP contribution in [0.3, 0.4) is 0 Å². The number of aryl methyl sites for hydroxylation is 1. The summed E-state index contributed by atoms with van der Waals surface area (Å²) in [6, 6.07) is 12.9. The molecule has 6 nitrogen and oxygen atoms in total. The highest BCUT2D eigenvalue weighted by atomic mass is 32.1. The van der Waals surface area contributed by atoms with Gasteiger partial charge in [0.15, 0.2) is 5.82 Å². The molecule has 4 heterocycles. The zero-order valence-corrected chi connectivity index (χ0v) is 17.4. The highest BCUT2D eigenvalue weighted by molar-refractivity contribution is 7.26. The molecule has 0 atom stereocenters. The number of nitrogens with one attached hydrogen (secondary N) is 1. The van der Waals surface area contributed by atoms with Crippen LogP contribution in [-0.2, 0) is 0 Å². The molecule has 148 valence electrons. The Morgan fingerprint density at radius 1 is 1.10 bits per heavy atom. The lowest BCUT2D eigenvalue weighted by Crippen LogP contribution is -2.44. The maximum Gasteiger partial charge on any atom is 0.319 e. The van der Waals surface area contributed by atoms with Crippen LogP contribution in [0.5, 0.6) is 6.01 Å². The van der Waals surface area contributed by atoms with Crippen LogP contribution < -0.4 is 15.0 Å². The van der Waals surface area contributed by atoms with Crippen molar-refractivity contribution in [3.63, 3.8) is 0 Å². The monoisotopic (exact) mass is 405 g/mol. The Morgan fingerprint density at radius 3 is 2.66 bits per heavy atom. The second-order valence-electron chi connectivity index (χ2n) is 7.15. The summed E-state index contributed by atoms with van der Waals surface area (Å²) in [6.45, 7) is 8.40. The molecule has 0 spiro atoms. The Hall–Kier alpha value is -2.77. The number of hydrogen-bond donors (Lipinski definition) is 1. The molecule has 1 fully saturated rings. The number of thiophene rings is 1. The molecule has 1 N–H and O–H groups in total. The number of benzene rings is 1. The Bertz CT molecular complexity index is 1170. The molecule has 29 heavy (non-hydrogen) atoms. The largest absolute Gasteiger partial charge is 0.464 e. The number of piperazine rings is 1. The van der Waals surface area contributed by atoms with Crippen molar-refractivity contribution in [2.45, 2.75) is 13.8 Å². The molecule has 5 rings (SSSR count). The van der Waals surface area contributed by atoms with Crippen molar-refractivity contribution in [1.82, 2.24) is 20.3 Å². The molecule has 0 amide bonds. The van der Waals surface area contributed by atoms with Crippen LogP contribution in [0.15, 0.2) is 36.4 Å². The molecule has 1 aliphatic heterocycles. The average molecular weight is 406 g/mol. The lowest BCUT2D eigenvalue weighted by atomic mass is 10.1. The first-order valence-corrected chi connectivity index (χ1v) is 10.8. The van der Waals surface area contributed by atoms with Gasteiger partial charge in [-0.25, -0.2) is 4.98 Å². The third-order valence-corrected chi connectivity index (χ3v) is 6.27. The van der Waals surface area contributed by atoms with Gasteiger partial charge >= 0.3 is 6.01 Å². The van der Waals surface area contributed by atoms with E-state index in [0.29, 0.717) is 12.6 Å². The second-order valence-corrected chi connectivity index (χ2v) is 8.15. The van der Waals surface area contributed by atoms with Crippen molar-refractivity contribution in [1.29, 1.82) is 0 Å². The number of nitrogens with zero attached hydrogens (tertiary/aromatic N) is 4. The first-order valence-electron chi connectivity index (χ1n) is 10.0. The molecule has 1 aliphatic rings. The number of anilines is 1. The van der Waals surface area contributed by atoms with E-state index in [1.54, 1.807) is 11.3 Å². The predicted molar refractivity (Wildman–Crippen MR) is 119 cm³/mol. The molecular formula is C22H23N5OS. The topological polar surface area (TPSA) is 63.2 Å². The highest BCUT2D eigenvalue weighted by Gasteiger charge is 2.22. The molecule has 0 unspecified atom stereocenters. The summed E-state index contributed by atoms with van der Waals surface area (Å²) in [7, 11) is 0. The molecule has 1 saturated heterocycles. The van der Waals surface area contributed by atoms with Crippen molar-refractivity contribution in [2.24, 2.45) is 0 Å². The molecule has 1 aromatic carbocycles. The molecule has 7 heteroatoms. The standard InChI is InChI=1S/C22H23N5OS/c1-3-28-22-25-18-17-14(2)13-16(15-7-5-4-6-8-15)24-21(17)29-19(18)20(26-22)27-11-9-23-10-12-27/h4-8,13,23H,3,9-12H2,1-2H3. The Labute approximate surface area is 173 Å². The van der Waals surface area contributed by atoms with Crippen LogP contribution in [0, 0.1) is 6.92 Å². The van der Waals surface area contributed by atoms with Gasteiger partial charge in [0.05, 0.1) is 17.0 Å². The number of hydrogen-bond acceptors (Lipinski definition) is 7. The lowest BCUT2D eigenvalue weighted by molar-refractivity contribution is 0.314. The summed E-state index contributed by atoms with van der Waals surface area (Å²) in [4.78, 5) is 17.8. The first kappa shape index (κ1) is 18.3. The van der Waals surface area contributed by atoms with Crippen LogP contribution in [0.1, 0.15) is 12.5 Å². The van der Waals surface area contributed by atoms with Gasteiger partial charge in [0, 0.05) is 37.1 Å². The van der Waals surface area contributed by atoms with Gasteiger partial charge < -0.3 is 15.0 Å². The Morgan fingerprint density at radius 2 is 1.90 bits per heavy atom. The van der Waals surface area contributed by atoms with Crippen molar-refractivity contribution < 1.29 is 4.74 Å². The zero-order valence-electron chi connectivity index (χ0n) is 16.6. The van der Waals surface area contributed by atoms with E-state index in [4.69, 9.17) is 19.7 Å². The van der Waals surface area contributed by atoms with Crippen LogP contribution in [0.4, 0.5) is 5.82 Å². The predicted octanol–water partition coefficient (Wildman–Crippen LogP) is 4.02. The summed E-state index contributed by atoms with van der Waals surface area (Å²) in [5.74, 6) is 0.962. The van der Waals surface area contributed by atoms with Crippen molar-refractivity contribution >= 4 is 37.6 Å². The summed E-state index contributed by atoms with van der Waals surface area (Å²) < 4.78 is 6.81. The van der Waals surface area contributed by atoms with Gasteiger partial charge in [0.25, 0.3) is 0 Å². The van der Waals surface area contributed by atoms with E-state index >= 15 is 0 Å². The van der Waals surface area contributed by atoms with Crippen molar-refractivity contribution in [3.05, 3.63) is 42.0 Å². The summed E-state index contributed by atoms with van der Waals surface area (Å²) >= 11 is 1.68. The second kappa shape index (κ2) is 7.57. The third-order valence-electron chi connectivity index (χ3n) is 5.21. The maximum atomic E-state index is 5.72. The number of pyridine rings is 1. The highest BCUT2D eigenvalue weighted by Crippen LogP contribution is 2.40. The fourth-order valence-electron chi connectivity index (χ4n) is 3.83. The fourth-order valence-corrected chi connectivity index (χ4v) is 5.03. The third kappa shape index (κ3) is 3.30. The Balaban J connectivity index is 1.74. The summed E-state index contributed by atoms with van der Waals surface area (Å²) in [6.07, 6.45) is 0. The van der Waals surface area contributed by atoms with Gasteiger partial charge in [0.1, 0.15) is 10.3 Å². The summed E-state index contributed by atoms with van der Waals surface area (Å²) in [5.41, 5.74) is 4.23. The van der Waals surface area contributed by atoms with E-state index in [9.17, 15) is 0 Å². The van der Waals surface area contributed by atoms with Crippen LogP contribution in [-0.4, -0.2) is 47.7 Å². The lowest BCUT2D eigenvalue weighted by Gasteiger charge is -2.28. The number of fused-ring (bicyclic) bond motifs is 3. The van der Waals surface area contributed by atoms with Gasteiger partial charge in [-0.05, 0) is 25.5 Å². The molecule has 0 aliphatic carbocycles. The van der Waals surface area contributed by atoms with Crippen LogP contribution >= 0.6 is 11.3 Å². The van der Waals surface area contributed by atoms with Gasteiger partial charge in [0.2, 0.25) is 0 Å². The number of aromatic nitrogens is 3. The van der Waals surface area contributed by atoms with Crippen molar-refractivity contribution in [3.8, 4) is 17.3 Å². The first-order chi connectivity index (χ1) is 14.2. The molecule has 3 aromatic heterocycles. The minimum atomic E-state index is 0.444. The van der Waals surface area contributed by atoms with E-state index in [1.807, 2.05) is 25.1 Å². The van der Waals surface area contributed by atoms with E-state index in [0.717, 1.165) is 63.7 Å². The Kier molecular flexibility index (Phi) is 4.77. The zero-order chi connectivity index (χ0) is 19.8. The SMILES string of the molecule is CCOc1nc(N2CCNCC2)c2sc3nc(-c4ccccc4)cc(C)c3c2n1. The van der Waals surface area contributed by atoms with Crippen LogP contribution in [0.25, 0.3) is 31.7 Å². The van der Waals surface area contributed by atoms with E-state index in [2.05, 4.69) is 35.3 Å². The number of rotatable bonds is 4. The van der Waals surface area contributed by atoms with Gasteiger partial charge in [-0.15, -0.1) is 11.3 Å². The molecule has 0 radical (unpaired) electrons. The number of ether oxygens (including phenoxy) is 1. The van der Waals surface area contributed by atoms with Gasteiger partial charge in [-0.3, -0.25) is 0 Å². The van der Waals surface area contributed by atoms with E-state index < -0.39 is 0 Å². The summed E-state index contributed by atoms with van der Waals surface area (Å²) in [5, 5.41) is 4.51. The van der Waals surface area contributed by atoms with E-state index in [-0.39, 0.29) is 0 Å². The van der Waals surface area contributed by atoms with Gasteiger partial charge in [-0.1, -0.05) is 30.3 Å². The van der Waals surface area contributed by atoms with Crippen molar-refractivity contribution in [2.75, 3.05) is 37.7 Å². The normalized spacial score (nSPS) is 14.6. The molecular weight excluding hydrogens is 382 g/mol. The smallest absolute Gasteiger partial charge is 0.319 e. The quantitative estimate of drug-likeness (QED) is 0.553. The molecule has 0 bridgehead atoms. The molecule has 0 saturated carbocycles. The average Bonchev–Trinajstić information content (AvgIpc) is 3.13. The fraction of sp³-hybridized carbons (Fsp3) is 0.318.